The van der Waals surface area contributed by atoms with Crippen molar-refractivity contribution in [3.8, 4) is 12.3 Å². The summed E-state index contributed by atoms with van der Waals surface area (Å²) in [5, 5.41) is 5.98. The Morgan fingerprint density at radius 1 is 1.29 bits per heavy atom. The molecule has 0 spiro atoms. The molecule has 4 rings (SSSR count). The lowest BCUT2D eigenvalue weighted by molar-refractivity contribution is 0.0999. The lowest BCUT2D eigenvalue weighted by atomic mass is 10.2. The highest BCUT2D eigenvalue weighted by atomic mass is 32.2. The number of nitrogens with one attached hydrogen (secondary N) is 1. The topological polar surface area (TPSA) is 110 Å². The summed E-state index contributed by atoms with van der Waals surface area (Å²) in [6.07, 6.45) is 7.08. The maximum Gasteiger partial charge on any atom is 0.281 e. The molecule has 2 aromatic heterocycles. The van der Waals surface area contributed by atoms with E-state index in [1.807, 2.05) is 24.3 Å². The molecule has 0 unspecified atom stereocenters. The molecule has 0 aliphatic heterocycles. The van der Waals surface area contributed by atoms with Crippen LogP contribution in [0.2, 0.25) is 0 Å². The van der Waals surface area contributed by atoms with Crippen LogP contribution in [0, 0.1) is 12.3 Å². The van der Waals surface area contributed by atoms with Crippen molar-refractivity contribution < 1.29 is 13.2 Å². The minimum Gasteiger partial charge on any atom is -0.360 e. The van der Waals surface area contributed by atoms with Crippen LogP contribution >= 0.6 is 11.3 Å². The Morgan fingerprint density at radius 3 is 2.82 bits per heavy atom. The lowest BCUT2D eigenvalue weighted by Crippen LogP contribution is -2.16. The summed E-state index contributed by atoms with van der Waals surface area (Å²) < 4.78 is 25.5. The van der Waals surface area contributed by atoms with Crippen LogP contribution in [0.4, 0.5) is 0 Å². The average molecular weight is 410 g/mol. The first kappa shape index (κ1) is 18.2. The largest absolute Gasteiger partial charge is 0.360 e. The SMILES string of the molecule is C#CCn1c(=NC(=O)c2c[nH]c3ccccc23)sc2cc(S(N)(=O)=O)ccc21. The second kappa shape index (κ2) is 6.76. The van der Waals surface area contributed by atoms with Crippen LogP contribution in [0.15, 0.2) is 58.5 Å². The molecule has 3 N–H and O–H groups in total. The highest BCUT2D eigenvalue weighted by Gasteiger charge is 2.15. The molecular formula is C19H14N4O3S2. The zero-order valence-electron chi connectivity index (χ0n) is 14.4. The highest BCUT2D eigenvalue weighted by Crippen LogP contribution is 2.22. The minimum absolute atomic E-state index is 0.0105. The van der Waals surface area contributed by atoms with Crippen molar-refractivity contribution in [1.82, 2.24) is 9.55 Å². The molecule has 0 fully saturated rings. The third kappa shape index (κ3) is 3.14. The van der Waals surface area contributed by atoms with E-state index >= 15 is 0 Å². The Kier molecular flexibility index (Phi) is 4.39. The van der Waals surface area contributed by atoms with Crippen LogP contribution in [0.3, 0.4) is 0 Å². The van der Waals surface area contributed by atoms with Crippen LogP contribution < -0.4 is 9.94 Å². The second-order valence-electron chi connectivity index (χ2n) is 6.01. The van der Waals surface area contributed by atoms with Gasteiger partial charge in [-0.25, -0.2) is 13.6 Å². The van der Waals surface area contributed by atoms with Gasteiger partial charge in [-0.15, -0.1) is 6.42 Å². The van der Waals surface area contributed by atoms with Gasteiger partial charge in [-0.3, -0.25) is 4.79 Å². The van der Waals surface area contributed by atoms with Crippen molar-refractivity contribution >= 4 is 48.4 Å². The van der Waals surface area contributed by atoms with Crippen LogP contribution in [0.5, 0.6) is 0 Å². The summed E-state index contributed by atoms with van der Waals surface area (Å²) in [6.45, 7) is 0.189. The van der Waals surface area contributed by atoms with Gasteiger partial charge in [0, 0.05) is 17.1 Å². The predicted octanol–water partition coefficient (Wildman–Crippen LogP) is 2.21. The first-order chi connectivity index (χ1) is 13.4. The summed E-state index contributed by atoms with van der Waals surface area (Å²) >= 11 is 1.17. The number of terminal acetylenes is 1. The van der Waals surface area contributed by atoms with Gasteiger partial charge in [-0.05, 0) is 24.3 Å². The van der Waals surface area contributed by atoms with Gasteiger partial charge in [-0.1, -0.05) is 35.5 Å². The molecule has 2 aromatic carbocycles. The maximum absolute atomic E-state index is 12.8. The van der Waals surface area contributed by atoms with E-state index < -0.39 is 15.9 Å². The van der Waals surface area contributed by atoms with Crippen LogP contribution in [-0.4, -0.2) is 23.9 Å². The normalized spacial score (nSPS) is 12.5. The molecule has 0 bridgehead atoms. The molecule has 4 aromatic rings. The number of hydrogen-bond acceptors (Lipinski definition) is 4. The zero-order valence-corrected chi connectivity index (χ0v) is 16.0. The standard InChI is InChI=1S/C19H14N4O3S2/c1-2-9-23-16-8-7-12(28(20,25)26)10-17(16)27-19(23)22-18(24)14-11-21-15-6-4-3-5-13(14)15/h1,3-8,10-11,21H,9H2,(H2,20,25,26). The van der Waals surface area contributed by atoms with Gasteiger partial charge in [0.1, 0.15) is 0 Å². The van der Waals surface area contributed by atoms with Crippen molar-refractivity contribution in [2.75, 3.05) is 0 Å². The third-order valence-corrected chi connectivity index (χ3v) is 6.20. The smallest absolute Gasteiger partial charge is 0.281 e. The number of carbonyl (C=O) groups excluding carboxylic acids is 1. The van der Waals surface area contributed by atoms with Crippen LogP contribution in [-0.2, 0) is 16.6 Å². The molecule has 0 saturated carbocycles. The van der Waals surface area contributed by atoms with E-state index in [4.69, 9.17) is 11.6 Å². The van der Waals surface area contributed by atoms with Crippen LogP contribution in [0.1, 0.15) is 10.4 Å². The Bertz CT molecular complexity index is 1450. The van der Waals surface area contributed by atoms with E-state index in [9.17, 15) is 13.2 Å². The van der Waals surface area contributed by atoms with Crippen molar-refractivity contribution in [2.24, 2.45) is 10.1 Å². The van der Waals surface area contributed by atoms with E-state index in [0.29, 0.717) is 20.6 Å². The van der Waals surface area contributed by atoms with E-state index in [-0.39, 0.29) is 11.4 Å². The molecule has 2 heterocycles. The molecule has 0 radical (unpaired) electrons. The third-order valence-electron chi connectivity index (χ3n) is 4.25. The van der Waals surface area contributed by atoms with Crippen molar-refractivity contribution in [3.63, 3.8) is 0 Å². The van der Waals surface area contributed by atoms with Gasteiger partial charge in [0.15, 0.2) is 4.80 Å². The van der Waals surface area contributed by atoms with Gasteiger partial charge in [0.05, 0.1) is 27.2 Å². The van der Waals surface area contributed by atoms with Crippen molar-refractivity contribution in [3.05, 3.63) is 59.0 Å². The molecule has 28 heavy (non-hydrogen) atoms. The fraction of sp³-hybridized carbons (Fsp3) is 0.0526. The van der Waals surface area contributed by atoms with Gasteiger partial charge in [-0.2, -0.15) is 4.99 Å². The Balaban J connectivity index is 1.90. The number of benzene rings is 2. The number of amides is 1. The summed E-state index contributed by atoms with van der Waals surface area (Å²) in [5.74, 6) is 2.12. The Labute approximate surface area is 164 Å². The number of nitrogens with zero attached hydrogens (tertiary/aromatic N) is 2. The number of thiazole rings is 1. The second-order valence-corrected chi connectivity index (χ2v) is 8.58. The number of aromatic nitrogens is 2. The molecule has 7 nitrogen and oxygen atoms in total. The number of sulfonamides is 1. The predicted molar refractivity (Wildman–Crippen MR) is 108 cm³/mol. The maximum atomic E-state index is 12.8. The quantitative estimate of drug-likeness (QED) is 0.505. The number of primary sulfonamides is 1. The average Bonchev–Trinajstić information content (AvgIpc) is 3.23. The van der Waals surface area contributed by atoms with Crippen molar-refractivity contribution in [1.29, 1.82) is 0 Å². The van der Waals surface area contributed by atoms with E-state index in [0.717, 1.165) is 10.9 Å². The van der Waals surface area contributed by atoms with E-state index in [1.165, 1.54) is 23.5 Å². The van der Waals surface area contributed by atoms with Gasteiger partial charge in [0.25, 0.3) is 5.91 Å². The number of rotatable bonds is 3. The fourth-order valence-corrected chi connectivity index (χ4v) is 4.64. The Hall–Kier alpha value is -3.19. The van der Waals surface area contributed by atoms with Gasteiger partial charge < -0.3 is 9.55 Å². The fourth-order valence-electron chi connectivity index (χ4n) is 2.96. The number of para-hydroxylation sites is 1. The highest BCUT2D eigenvalue weighted by molar-refractivity contribution is 7.89. The zero-order chi connectivity index (χ0) is 19.9. The van der Waals surface area contributed by atoms with Crippen molar-refractivity contribution in [2.45, 2.75) is 11.4 Å². The molecule has 140 valence electrons. The number of aromatic amines is 1. The number of fused-ring (bicyclic) bond motifs is 2. The molecule has 0 atom stereocenters. The molecule has 1 amide bonds. The molecule has 0 saturated heterocycles. The first-order valence-electron chi connectivity index (χ1n) is 8.13. The molecule has 0 aliphatic rings. The monoisotopic (exact) mass is 410 g/mol. The number of H-pyrrole nitrogens is 1. The van der Waals surface area contributed by atoms with Crippen LogP contribution in [0.25, 0.3) is 21.1 Å². The van der Waals surface area contributed by atoms with Gasteiger partial charge >= 0.3 is 0 Å². The molecular weight excluding hydrogens is 396 g/mol. The first-order valence-corrected chi connectivity index (χ1v) is 10.5. The minimum atomic E-state index is -3.84. The molecule has 9 heteroatoms. The Morgan fingerprint density at radius 2 is 2.07 bits per heavy atom. The number of carbonyl (C=O) groups is 1. The van der Waals surface area contributed by atoms with E-state index in [2.05, 4.69) is 15.9 Å². The van der Waals surface area contributed by atoms with Gasteiger partial charge in [0.2, 0.25) is 10.0 Å². The number of hydrogen-bond donors (Lipinski definition) is 2. The number of nitrogens with two attached hydrogens (primary N) is 1. The van der Waals surface area contributed by atoms with E-state index in [1.54, 1.807) is 16.8 Å². The lowest BCUT2D eigenvalue weighted by Gasteiger charge is -2.01. The summed E-state index contributed by atoms with van der Waals surface area (Å²) in [7, 11) is -3.84. The summed E-state index contributed by atoms with van der Waals surface area (Å²) in [5.41, 5.74) is 1.97. The molecule has 0 aliphatic carbocycles. The summed E-state index contributed by atoms with van der Waals surface area (Å²) in [4.78, 5) is 20.5. The summed E-state index contributed by atoms with van der Waals surface area (Å²) in [6, 6.07) is 11.9.